The Morgan fingerprint density at radius 3 is 2.43 bits per heavy atom. The van der Waals surface area contributed by atoms with E-state index in [9.17, 15) is 4.79 Å². The molecule has 1 heterocycles. The molecular formula is C18H18N2O. The van der Waals surface area contributed by atoms with Crippen LogP contribution < -0.4 is 0 Å². The molecule has 2 aromatic carbocycles. The van der Waals surface area contributed by atoms with Crippen LogP contribution in [0.5, 0.6) is 0 Å². The highest BCUT2D eigenvalue weighted by molar-refractivity contribution is 5.96. The summed E-state index contributed by atoms with van der Waals surface area (Å²) in [5, 5.41) is 1.19. The fourth-order valence-electron chi connectivity index (χ4n) is 2.56. The Hall–Kier alpha value is -2.55. The normalized spacial score (nSPS) is 10.8. The lowest BCUT2D eigenvalue weighted by Crippen LogP contribution is -2.22. The van der Waals surface area contributed by atoms with Crippen LogP contribution in [-0.4, -0.2) is 29.9 Å². The maximum atomic E-state index is 12.1. The van der Waals surface area contributed by atoms with E-state index in [1.54, 1.807) is 19.0 Å². The van der Waals surface area contributed by atoms with Gasteiger partial charge in [0.15, 0.2) is 0 Å². The number of aryl methyl sites for hydroxylation is 1. The Balaban J connectivity index is 2.03. The topological polar surface area (TPSA) is 36.1 Å². The van der Waals surface area contributed by atoms with E-state index in [1.165, 1.54) is 5.39 Å². The molecule has 0 radical (unpaired) electrons. The maximum absolute atomic E-state index is 12.1. The van der Waals surface area contributed by atoms with E-state index in [-0.39, 0.29) is 5.91 Å². The number of carbonyl (C=O) groups excluding carboxylic acids is 1. The number of nitrogens with zero attached hydrogens (tertiary/aromatic N) is 1. The molecule has 0 aliphatic carbocycles. The first-order chi connectivity index (χ1) is 10.1. The van der Waals surface area contributed by atoms with Crippen molar-refractivity contribution in [2.75, 3.05) is 14.1 Å². The predicted octanol–water partition coefficient (Wildman–Crippen LogP) is 3.85. The first-order valence-electron chi connectivity index (χ1n) is 6.96. The molecule has 0 saturated carbocycles. The summed E-state index contributed by atoms with van der Waals surface area (Å²) in [6, 6.07) is 14.4. The summed E-state index contributed by atoms with van der Waals surface area (Å²) in [5.41, 5.74) is 5.18. The highest BCUT2D eigenvalue weighted by atomic mass is 16.2. The van der Waals surface area contributed by atoms with Gasteiger partial charge >= 0.3 is 0 Å². The van der Waals surface area contributed by atoms with Gasteiger partial charge in [-0.05, 0) is 53.3 Å². The molecule has 0 bridgehead atoms. The van der Waals surface area contributed by atoms with Crippen molar-refractivity contribution in [3.05, 3.63) is 59.8 Å². The molecule has 0 aliphatic heterocycles. The molecule has 1 aromatic heterocycles. The van der Waals surface area contributed by atoms with E-state index >= 15 is 0 Å². The van der Waals surface area contributed by atoms with Crippen LogP contribution >= 0.6 is 0 Å². The second-order valence-corrected chi connectivity index (χ2v) is 5.51. The Bertz CT molecular complexity index is 815. The first kappa shape index (κ1) is 13.4. The fourth-order valence-corrected chi connectivity index (χ4v) is 2.56. The van der Waals surface area contributed by atoms with Gasteiger partial charge in [0.1, 0.15) is 0 Å². The number of aromatic amines is 1. The number of carbonyl (C=O) groups is 1. The average Bonchev–Trinajstić information content (AvgIpc) is 2.93. The Morgan fingerprint density at radius 1 is 1.00 bits per heavy atom. The number of H-pyrrole nitrogens is 1. The van der Waals surface area contributed by atoms with Crippen molar-refractivity contribution >= 4 is 16.8 Å². The largest absolute Gasteiger partial charge is 0.361 e. The number of amides is 1. The Kier molecular flexibility index (Phi) is 3.26. The molecule has 3 heteroatoms. The van der Waals surface area contributed by atoms with E-state index in [0.29, 0.717) is 0 Å². The van der Waals surface area contributed by atoms with Crippen molar-refractivity contribution in [1.29, 1.82) is 0 Å². The molecular weight excluding hydrogens is 260 g/mol. The molecule has 0 spiro atoms. The predicted molar refractivity (Wildman–Crippen MR) is 86.5 cm³/mol. The third kappa shape index (κ3) is 2.42. The fraction of sp³-hybridized carbons (Fsp3) is 0.167. The van der Waals surface area contributed by atoms with Crippen LogP contribution in [0.25, 0.3) is 22.0 Å². The molecule has 3 rings (SSSR count). The summed E-state index contributed by atoms with van der Waals surface area (Å²) in [4.78, 5) is 16.9. The summed E-state index contributed by atoms with van der Waals surface area (Å²) < 4.78 is 0. The molecule has 0 fully saturated rings. The number of rotatable bonds is 2. The Morgan fingerprint density at radius 2 is 1.71 bits per heavy atom. The van der Waals surface area contributed by atoms with Gasteiger partial charge in [-0.1, -0.05) is 18.2 Å². The zero-order valence-corrected chi connectivity index (χ0v) is 12.5. The summed E-state index contributed by atoms with van der Waals surface area (Å²) in [6.45, 7) is 1.98. The molecule has 21 heavy (non-hydrogen) atoms. The SMILES string of the molecule is Cc1cc(-c2ccc3[nH]ccc3c2)ccc1C(=O)N(C)C. The lowest BCUT2D eigenvalue weighted by atomic mass is 9.98. The smallest absolute Gasteiger partial charge is 0.253 e. The van der Waals surface area contributed by atoms with Crippen LogP contribution in [0.3, 0.4) is 0 Å². The van der Waals surface area contributed by atoms with Crippen LogP contribution in [0.2, 0.25) is 0 Å². The summed E-state index contributed by atoms with van der Waals surface area (Å²) in [5.74, 6) is 0.0418. The van der Waals surface area contributed by atoms with Gasteiger partial charge < -0.3 is 9.88 Å². The number of aromatic nitrogens is 1. The molecule has 0 saturated heterocycles. The number of hydrogen-bond acceptors (Lipinski definition) is 1. The summed E-state index contributed by atoms with van der Waals surface area (Å²) in [6.07, 6.45) is 1.94. The minimum Gasteiger partial charge on any atom is -0.361 e. The number of benzene rings is 2. The number of hydrogen-bond donors (Lipinski definition) is 1. The third-order valence-electron chi connectivity index (χ3n) is 3.75. The standard InChI is InChI=1S/C18H18N2O/c1-12-10-13(4-6-16(12)18(21)20(2)3)14-5-7-17-15(11-14)8-9-19-17/h4-11,19H,1-3H3. The van der Waals surface area contributed by atoms with Crippen LogP contribution in [0.1, 0.15) is 15.9 Å². The van der Waals surface area contributed by atoms with Crippen molar-refractivity contribution in [2.45, 2.75) is 6.92 Å². The summed E-state index contributed by atoms with van der Waals surface area (Å²) >= 11 is 0. The van der Waals surface area contributed by atoms with Gasteiger partial charge in [0, 0.05) is 31.4 Å². The van der Waals surface area contributed by atoms with Gasteiger partial charge in [-0.25, -0.2) is 0 Å². The molecule has 3 nitrogen and oxygen atoms in total. The van der Waals surface area contributed by atoms with Crippen molar-refractivity contribution in [1.82, 2.24) is 9.88 Å². The van der Waals surface area contributed by atoms with Gasteiger partial charge in [-0.2, -0.15) is 0 Å². The van der Waals surface area contributed by atoms with E-state index in [1.807, 2.05) is 25.3 Å². The van der Waals surface area contributed by atoms with Crippen LogP contribution in [0.4, 0.5) is 0 Å². The van der Waals surface area contributed by atoms with Gasteiger partial charge in [-0.15, -0.1) is 0 Å². The van der Waals surface area contributed by atoms with Crippen molar-refractivity contribution < 1.29 is 4.79 Å². The van der Waals surface area contributed by atoms with Gasteiger partial charge in [-0.3, -0.25) is 4.79 Å². The number of nitrogens with one attached hydrogen (secondary N) is 1. The molecule has 0 aliphatic rings. The van der Waals surface area contributed by atoms with Crippen LogP contribution in [-0.2, 0) is 0 Å². The van der Waals surface area contributed by atoms with E-state index in [2.05, 4.69) is 35.3 Å². The van der Waals surface area contributed by atoms with Crippen molar-refractivity contribution in [3.63, 3.8) is 0 Å². The zero-order chi connectivity index (χ0) is 15.0. The lowest BCUT2D eigenvalue weighted by molar-refractivity contribution is 0.0827. The zero-order valence-electron chi connectivity index (χ0n) is 12.5. The van der Waals surface area contributed by atoms with E-state index in [4.69, 9.17) is 0 Å². The molecule has 1 amide bonds. The van der Waals surface area contributed by atoms with Crippen LogP contribution in [0.15, 0.2) is 48.7 Å². The van der Waals surface area contributed by atoms with Crippen LogP contribution in [0, 0.1) is 6.92 Å². The van der Waals surface area contributed by atoms with Crippen molar-refractivity contribution in [3.8, 4) is 11.1 Å². The minimum atomic E-state index is 0.0418. The van der Waals surface area contributed by atoms with Gasteiger partial charge in [0.2, 0.25) is 0 Å². The highest BCUT2D eigenvalue weighted by Crippen LogP contribution is 2.26. The third-order valence-corrected chi connectivity index (χ3v) is 3.75. The Labute approximate surface area is 124 Å². The van der Waals surface area contributed by atoms with Gasteiger partial charge in [0.05, 0.1) is 0 Å². The second kappa shape index (κ2) is 5.09. The van der Waals surface area contributed by atoms with Crippen molar-refractivity contribution in [2.24, 2.45) is 0 Å². The molecule has 1 N–H and O–H groups in total. The molecule has 3 aromatic rings. The lowest BCUT2D eigenvalue weighted by Gasteiger charge is -2.13. The molecule has 0 unspecified atom stereocenters. The highest BCUT2D eigenvalue weighted by Gasteiger charge is 2.11. The monoisotopic (exact) mass is 278 g/mol. The second-order valence-electron chi connectivity index (χ2n) is 5.51. The summed E-state index contributed by atoms with van der Waals surface area (Å²) in [7, 11) is 3.55. The molecule has 0 atom stereocenters. The average molecular weight is 278 g/mol. The van der Waals surface area contributed by atoms with E-state index < -0.39 is 0 Å². The first-order valence-corrected chi connectivity index (χ1v) is 6.96. The quantitative estimate of drug-likeness (QED) is 0.759. The van der Waals surface area contributed by atoms with E-state index in [0.717, 1.165) is 27.8 Å². The van der Waals surface area contributed by atoms with Gasteiger partial charge in [0.25, 0.3) is 5.91 Å². The maximum Gasteiger partial charge on any atom is 0.253 e. The minimum absolute atomic E-state index is 0.0418. The molecule has 106 valence electrons. The number of fused-ring (bicyclic) bond motifs is 1.